The van der Waals surface area contributed by atoms with Crippen LogP contribution in [0.3, 0.4) is 0 Å². The first-order valence-electron chi connectivity index (χ1n) is 8.61. The molecule has 2 aliphatic heterocycles. The third-order valence-corrected chi connectivity index (χ3v) is 4.87. The highest BCUT2D eigenvalue weighted by Gasteiger charge is 2.31. The van der Waals surface area contributed by atoms with Gasteiger partial charge in [-0.05, 0) is 37.6 Å². The first-order chi connectivity index (χ1) is 12.2. The third kappa shape index (κ3) is 3.28. The second-order valence-electron chi connectivity index (χ2n) is 6.54. The van der Waals surface area contributed by atoms with Crippen molar-refractivity contribution in [1.29, 1.82) is 0 Å². The molecule has 1 aromatic carbocycles. The lowest BCUT2D eigenvalue weighted by Crippen LogP contribution is -2.48. The van der Waals surface area contributed by atoms with Gasteiger partial charge in [0.25, 0.3) is 0 Å². The van der Waals surface area contributed by atoms with Gasteiger partial charge >= 0.3 is 0 Å². The summed E-state index contributed by atoms with van der Waals surface area (Å²) in [5.41, 5.74) is 1.47. The Kier molecular flexibility index (Phi) is 4.23. The van der Waals surface area contributed by atoms with Crippen molar-refractivity contribution in [2.45, 2.75) is 25.4 Å². The van der Waals surface area contributed by atoms with Gasteiger partial charge in [0.2, 0.25) is 11.8 Å². The molecule has 0 unspecified atom stereocenters. The van der Waals surface area contributed by atoms with Crippen LogP contribution in [0.2, 0.25) is 0 Å². The number of hydrogen-bond acceptors (Lipinski definition) is 4. The van der Waals surface area contributed by atoms with Crippen LogP contribution in [0.1, 0.15) is 12.8 Å². The molecule has 0 aliphatic carbocycles. The summed E-state index contributed by atoms with van der Waals surface area (Å²) in [7, 11) is 0. The zero-order valence-electron chi connectivity index (χ0n) is 14.0. The number of anilines is 2. The molecule has 1 aromatic heterocycles. The predicted octanol–water partition coefficient (Wildman–Crippen LogP) is 1.33. The van der Waals surface area contributed by atoms with Crippen molar-refractivity contribution in [3.8, 4) is 0 Å². The van der Waals surface area contributed by atoms with Gasteiger partial charge in [0.1, 0.15) is 6.54 Å². The minimum absolute atomic E-state index is 0.0327. The van der Waals surface area contributed by atoms with Gasteiger partial charge < -0.3 is 5.32 Å². The Hall–Kier alpha value is -2.67. The van der Waals surface area contributed by atoms with Gasteiger partial charge in [-0.2, -0.15) is 5.10 Å². The summed E-state index contributed by atoms with van der Waals surface area (Å²) >= 11 is 0. The molecule has 0 bridgehead atoms. The van der Waals surface area contributed by atoms with E-state index in [1.54, 1.807) is 11.1 Å². The van der Waals surface area contributed by atoms with Crippen molar-refractivity contribution in [2.75, 3.05) is 29.9 Å². The Labute approximate surface area is 146 Å². The number of carbonyl (C=O) groups is 2. The Morgan fingerprint density at radius 1 is 1.28 bits per heavy atom. The Morgan fingerprint density at radius 3 is 3.00 bits per heavy atom. The van der Waals surface area contributed by atoms with Gasteiger partial charge in [0, 0.05) is 18.4 Å². The lowest BCUT2D eigenvalue weighted by Gasteiger charge is -2.32. The molecule has 3 heterocycles. The average Bonchev–Trinajstić information content (AvgIpc) is 3.27. The minimum atomic E-state index is -0.151. The fourth-order valence-corrected chi connectivity index (χ4v) is 3.65. The molecule has 0 spiro atoms. The minimum Gasteiger partial charge on any atom is -0.323 e. The molecule has 1 atom stereocenters. The van der Waals surface area contributed by atoms with Gasteiger partial charge in [-0.1, -0.05) is 12.1 Å². The first-order valence-corrected chi connectivity index (χ1v) is 8.61. The molecular formula is C18H21N5O2. The monoisotopic (exact) mass is 339 g/mol. The van der Waals surface area contributed by atoms with E-state index in [1.165, 1.54) is 0 Å². The van der Waals surface area contributed by atoms with E-state index in [-0.39, 0.29) is 18.4 Å². The van der Waals surface area contributed by atoms with Crippen molar-refractivity contribution >= 4 is 23.2 Å². The van der Waals surface area contributed by atoms with Crippen molar-refractivity contribution in [3.05, 3.63) is 42.7 Å². The van der Waals surface area contributed by atoms with E-state index in [0.29, 0.717) is 18.3 Å². The second-order valence-corrected chi connectivity index (χ2v) is 6.54. The molecule has 7 heteroatoms. The average molecular weight is 339 g/mol. The predicted molar refractivity (Wildman–Crippen MR) is 94.2 cm³/mol. The summed E-state index contributed by atoms with van der Waals surface area (Å²) in [4.78, 5) is 28.6. The van der Waals surface area contributed by atoms with E-state index in [0.717, 1.165) is 31.6 Å². The van der Waals surface area contributed by atoms with Crippen LogP contribution in [0.25, 0.3) is 0 Å². The van der Waals surface area contributed by atoms with E-state index in [4.69, 9.17) is 0 Å². The summed E-state index contributed by atoms with van der Waals surface area (Å²) in [6, 6.07) is 9.65. The smallest absolute Gasteiger partial charge is 0.244 e. The third-order valence-electron chi connectivity index (χ3n) is 4.87. The molecule has 130 valence electrons. The number of nitrogens with one attached hydrogen (secondary N) is 1. The van der Waals surface area contributed by atoms with Crippen LogP contribution in [0.15, 0.2) is 42.7 Å². The van der Waals surface area contributed by atoms with Crippen LogP contribution < -0.4 is 10.2 Å². The quantitative estimate of drug-likeness (QED) is 0.912. The number of para-hydroxylation sites is 2. The van der Waals surface area contributed by atoms with Crippen LogP contribution in [-0.2, 0) is 16.1 Å². The maximum absolute atomic E-state index is 12.9. The summed E-state index contributed by atoms with van der Waals surface area (Å²) in [6.07, 6.45) is 5.86. The summed E-state index contributed by atoms with van der Waals surface area (Å²) in [6.45, 7) is 2.10. The van der Waals surface area contributed by atoms with Gasteiger partial charge in [-0.25, -0.2) is 0 Å². The maximum Gasteiger partial charge on any atom is 0.244 e. The highest BCUT2D eigenvalue weighted by atomic mass is 16.2. The van der Waals surface area contributed by atoms with Crippen LogP contribution in [-0.4, -0.2) is 52.2 Å². The molecule has 25 heavy (non-hydrogen) atoms. The molecule has 2 amide bonds. The van der Waals surface area contributed by atoms with Crippen molar-refractivity contribution in [1.82, 2.24) is 14.7 Å². The van der Waals surface area contributed by atoms with Gasteiger partial charge in [0.15, 0.2) is 0 Å². The molecule has 4 rings (SSSR count). The highest BCUT2D eigenvalue weighted by molar-refractivity contribution is 6.10. The molecule has 0 saturated carbocycles. The van der Waals surface area contributed by atoms with Crippen LogP contribution >= 0.6 is 0 Å². The Bertz CT molecular complexity index is 774. The molecule has 1 fully saturated rings. The normalized spacial score (nSPS) is 20.4. The fraction of sp³-hybridized carbons (Fsp3) is 0.389. The number of nitrogens with zero attached hydrogens (tertiary/aromatic N) is 4. The summed E-state index contributed by atoms with van der Waals surface area (Å²) in [5.74, 6) is -0.184. The zero-order chi connectivity index (χ0) is 17.2. The van der Waals surface area contributed by atoms with E-state index < -0.39 is 0 Å². The Balaban J connectivity index is 1.47. The SMILES string of the molecule is O=C1CN(C(=O)CN2CCC[C@H]2Cn2cccn2)c2ccccc2N1. The van der Waals surface area contributed by atoms with E-state index >= 15 is 0 Å². The molecular weight excluding hydrogens is 318 g/mol. The lowest BCUT2D eigenvalue weighted by molar-refractivity contribution is -0.122. The number of benzene rings is 1. The van der Waals surface area contributed by atoms with Gasteiger partial charge in [-0.15, -0.1) is 0 Å². The van der Waals surface area contributed by atoms with Crippen molar-refractivity contribution in [3.63, 3.8) is 0 Å². The fourth-order valence-electron chi connectivity index (χ4n) is 3.65. The molecule has 2 aliphatic rings. The number of hydrogen-bond donors (Lipinski definition) is 1. The topological polar surface area (TPSA) is 70.5 Å². The Morgan fingerprint density at radius 2 is 2.16 bits per heavy atom. The highest BCUT2D eigenvalue weighted by Crippen LogP contribution is 2.29. The molecule has 0 radical (unpaired) electrons. The number of amides is 2. The van der Waals surface area contributed by atoms with E-state index in [9.17, 15) is 9.59 Å². The van der Waals surface area contributed by atoms with Gasteiger partial charge in [-0.3, -0.25) is 24.1 Å². The zero-order valence-corrected chi connectivity index (χ0v) is 14.0. The number of rotatable bonds is 4. The molecule has 2 aromatic rings. The maximum atomic E-state index is 12.9. The first kappa shape index (κ1) is 15.8. The number of fused-ring (bicyclic) bond motifs is 1. The molecule has 7 nitrogen and oxygen atoms in total. The summed E-state index contributed by atoms with van der Waals surface area (Å²) < 4.78 is 1.91. The number of aromatic nitrogens is 2. The van der Waals surface area contributed by atoms with Gasteiger partial charge in [0.05, 0.1) is 24.5 Å². The van der Waals surface area contributed by atoms with Crippen molar-refractivity contribution < 1.29 is 9.59 Å². The van der Waals surface area contributed by atoms with Crippen LogP contribution in [0.5, 0.6) is 0 Å². The number of carbonyl (C=O) groups excluding carboxylic acids is 2. The van der Waals surface area contributed by atoms with Crippen LogP contribution in [0.4, 0.5) is 11.4 Å². The van der Waals surface area contributed by atoms with E-state index in [1.807, 2.05) is 41.2 Å². The second kappa shape index (κ2) is 6.68. The largest absolute Gasteiger partial charge is 0.323 e. The number of likely N-dealkylation sites (tertiary alicyclic amines) is 1. The molecule has 1 saturated heterocycles. The standard InChI is InChI=1S/C18H21N5O2/c24-17-12-23(16-7-2-1-6-15(16)20-17)18(25)13-21-9-3-5-14(21)11-22-10-4-8-19-22/h1-2,4,6-8,10,14H,3,5,9,11-13H2,(H,20,24)/t14-/m0/s1. The summed E-state index contributed by atoms with van der Waals surface area (Å²) in [5, 5.41) is 7.08. The van der Waals surface area contributed by atoms with Crippen LogP contribution in [0, 0.1) is 0 Å². The lowest BCUT2D eigenvalue weighted by atomic mass is 10.2. The molecule has 1 N–H and O–H groups in total. The van der Waals surface area contributed by atoms with Crippen molar-refractivity contribution in [2.24, 2.45) is 0 Å². The van der Waals surface area contributed by atoms with E-state index in [2.05, 4.69) is 15.3 Å².